The van der Waals surface area contributed by atoms with Gasteiger partial charge in [0.05, 0.1) is 17.8 Å². The number of amides is 3. The van der Waals surface area contributed by atoms with E-state index in [2.05, 4.69) is 5.32 Å². The van der Waals surface area contributed by atoms with E-state index in [0.717, 1.165) is 27.1 Å². The lowest BCUT2D eigenvalue weighted by molar-refractivity contribution is -0.130. The lowest BCUT2D eigenvalue weighted by atomic mass is 9.92. The predicted molar refractivity (Wildman–Crippen MR) is 127 cm³/mol. The zero-order chi connectivity index (χ0) is 23.2. The second-order valence-corrected chi connectivity index (χ2v) is 8.40. The highest BCUT2D eigenvalue weighted by Gasteiger charge is 2.49. The Hall–Kier alpha value is -4.19. The van der Waals surface area contributed by atoms with Gasteiger partial charge in [-0.1, -0.05) is 78.9 Å². The van der Waals surface area contributed by atoms with Gasteiger partial charge in [0, 0.05) is 18.0 Å². The molecule has 1 fully saturated rings. The van der Waals surface area contributed by atoms with Crippen molar-refractivity contribution >= 4 is 28.6 Å². The molecule has 2 heterocycles. The molecule has 4 aromatic rings. The van der Waals surface area contributed by atoms with Crippen molar-refractivity contribution in [3.05, 3.63) is 96.1 Å². The van der Waals surface area contributed by atoms with E-state index in [4.69, 9.17) is 0 Å². The first-order valence-electron chi connectivity index (χ1n) is 10.8. The number of urea groups is 1. The van der Waals surface area contributed by atoms with Crippen LogP contribution in [-0.2, 0) is 17.4 Å². The third kappa shape index (κ3) is 3.22. The Morgan fingerprint density at radius 3 is 2.18 bits per heavy atom. The average Bonchev–Trinajstić information content (AvgIpc) is 3.26. The molecule has 164 valence electrons. The number of imide groups is 1. The van der Waals surface area contributed by atoms with Gasteiger partial charge in [0.1, 0.15) is 5.54 Å². The van der Waals surface area contributed by atoms with Crippen LogP contribution in [0.5, 0.6) is 0 Å². The largest absolute Gasteiger partial charge is 0.343 e. The van der Waals surface area contributed by atoms with E-state index in [1.165, 1.54) is 0 Å². The number of hydrogen-bond donors (Lipinski definition) is 1. The molecule has 1 saturated heterocycles. The number of fused-ring (bicyclic) bond motifs is 1. The van der Waals surface area contributed by atoms with Crippen molar-refractivity contribution in [3.63, 3.8) is 0 Å². The van der Waals surface area contributed by atoms with Gasteiger partial charge in [0.2, 0.25) is 0 Å². The van der Waals surface area contributed by atoms with E-state index >= 15 is 0 Å². The molecule has 1 unspecified atom stereocenters. The van der Waals surface area contributed by atoms with Gasteiger partial charge in [-0.25, -0.2) is 4.79 Å². The van der Waals surface area contributed by atoms with Crippen molar-refractivity contribution in [1.82, 2.24) is 14.8 Å². The van der Waals surface area contributed by atoms with Crippen molar-refractivity contribution in [2.45, 2.75) is 12.5 Å². The molecular formula is C27H23N3O3. The minimum atomic E-state index is -1.21. The monoisotopic (exact) mass is 437 g/mol. The first-order chi connectivity index (χ1) is 15.9. The maximum absolute atomic E-state index is 13.7. The summed E-state index contributed by atoms with van der Waals surface area (Å²) in [6.07, 6.45) is 0. The van der Waals surface area contributed by atoms with Crippen molar-refractivity contribution in [1.29, 1.82) is 0 Å². The van der Waals surface area contributed by atoms with Gasteiger partial charge in [-0.3, -0.25) is 14.5 Å². The number of Topliss-reactive ketones (excluding diaryl/α,β-unsaturated/α-hetero) is 1. The average molecular weight is 437 g/mol. The van der Waals surface area contributed by atoms with Crippen molar-refractivity contribution in [3.8, 4) is 11.3 Å². The second-order valence-electron chi connectivity index (χ2n) is 8.40. The highest BCUT2D eigenvalue weighted by Crippen LogP contribution is 2.34. The van der Waals surface area contributed by atoms with E-state index in [1.807, 2.05) is 84.4 Å². The lowest BCUT2D eigenvalue weighted by Gasteiger charge is -2.22. The molecule has 0 bridgehead atoms. The fourth-order valence-corrected chi connectivity index (χ4v) is 4.64. The second kappa shape index (κ2) is 7.74. The SMILES string of the molecule is Cn1c(-c2ccccc2)c(C(=O)CN2C(=O)NC(C)(c3ccccc3)C2=O)c2ccccc21. The van der Waals surface area contributed by atoms with E-state index in [0.29, 0.717) is 11.1 Å². The Balaban J connectivity index is 1.56. The third-order valence-electron chi connectivity index (χ3n) is 6.36. The van der Waals surface area contributed by atoms with Gasteiger partial charge in [-0.2, -0.15) is 0 Å². The van der Waals surface area contributed by atoms with E-state index in [1.54, 1.807) is 19.1 Å². The standard InChI is InChI=1S/C27H23N3O3/c1-27(19-13-7-4-8-14-19)25(32)30(26(33)28-27)17-22(31)23-20-15-9-10-16-21(20)29(2)24(23)18-11-5-3-6-12-18/h3-16H,17H2,1-2H3,(H,28,33). The van der Waals surface area contributed by atoms with Gasteiger partial charge in [0.25, 0.3) is 5.91 Å². The summed E-state index contributed by atoms with van der Waals surface area (Å²) >= 11 is 0. The molecule has 1 aromatic heterocycles. The lowest BCUT2D eigenvalue weighted by Crippen LogP contribution is -2.41. The van der Waals surface area contributed by atoms with Crippen LogP contribution in [0.15, 0.2) is 84.9 Å². The molecule has 0 aliphatic carbocycles. The topological polar surface area (TPSA) is 71.4 Å². The van der Waals surface area contributed by atoms with Crippen LogP contribution in [0.3, 0.4) is 0 Å². The van der Waals surface area contributed by atoms with Gasteiger partial charge < -0.3 is 9.88 Å². The Labute approximate surface area is 191 Å². The van der Waals surface area contributed by atoms with Crippen LogP contribution in [0.4, 0.5) is 4.79 Å². The van der Waals surface area contributed by atoms with Crippen molar-refractivity contribution < 1.29 is 14.4 Å². The normalized spacial score (nSPS) is 18.1. The summed E-state index contributed by atoms with van der Waals surface area (Å²) in [6, 6.07) is 25.8. The molecule has 1 atom stereocenters. The van der Waals surface area contributed by atoms with Crippen molar-refractivity contribution in [2.75, 3.05) is 6.54 Å². The zero-order valence-electron chi connectivity index (χ0n) is 18.4. The van der Waals surface area contributed by atoms with Gasteiger partial charge >= 0.3 is 6.03 Å². The summed E-state index contributed by atoms with van der Waals surface area (Å²) in [5.41, 5.74) is 2.54. The summed E-state index contributed by atoms with van der Waals surface area (Å²) < 4.78 is 1.98. The predicted octanol–water partition coefficient (Wildman–Crippen LogP) is 4.50. The van der Waals surface area contributed by atoms with Crippen LogP contribution < -0.4 is 5.32 Å². The number of benzene rings is 3. The Morgan fingerprint density at radius 1 is 0.879 bits per heavy atom. The van der Waals surface area contributed by atoms with Crippen LogP contribution >= 0.6 is 0 Å². The van der Waals surface area contributed by atoms with Crippen LogP contribution in [0.25, 0.3) is 22.2 Å². The minimum absolute atomic E-state index is 0.286. The molecule has 6 heteroatoms. The smallest absolute Gasteiger partial charge is 0.325 e. The minimum Gasteiger partial charge on any atom is -0.343 e. The summed E-state index contributed by atoms with van der Waals surface area (Å²) in [5.74, 6) is -0.722. The molecule has 33 heavy (non-hydrogen) atoms. The molecule has 1 N–H and O–H groups in total. The number of nitrogens with one attached hydrogen (secondary N) is 1. The summed E-state index contributed by atoms with van der Waals surface area (Å²) in [7, 11) is 1.92. The maximum atomic E-state index is 13.7. The Kier molecular flexibility index (Phi) is 4.86. The Bertz CT molecular complexity index is 1390. The number of ketones is 1. The number of para-hydroxylation sites is 1. The van der Waals surface area contributed by atoms with Crippen LogP contribution in [-0.4, -0.2) is 33.7 Å². The maximum Gasteiger partial charge on any atom is 0.325 e. The molecular weight excluding hydrogens is 414 g/mol. The number of nitrogens with zero attached hydrogens (tertiary/aromatic N) is 2. The zero-order valence-corrected chi connectivity index (χ0v) is 18.4. The molecule has 1 aliphatic rings. The molecule has 0 radical (unpaired) electrons. The molecule has 3 aromatic carbocycles. The van der Waals surface area contributed by atoms with Crippen molar-refractivity contribution in [2.24, 2.45) is 7.05 Å². The first kappa shape index (κ1) is 20.7. The highest BCUT2D eigenvalue weighted by atomic mass is 16.2. The number of hydrogen-bond acceptors (Lipinski definition) is 3. The number of carbonyl (C=O) groups excluding carboxylic acids is 3. The third-order valence-corrected chi connectivity index (χ3v) is 6.36. The molecule has 0 saturated carbocycles. The van der Waals surface area contributed by atoms with Crippen LogP contribution in [0, 0.1) is 0 Å². The number of aromatic nitrogens is 1. The summed E-state index contributed by atoms with van der Waals surface area (Å²) in [6.45, 7) is 1.33. The first-order valence-corrected chi connectivity index (χ1v) is 10.8. The fourth-order valence-electron chi connectivity index (χ4n) is 4.64. The van der Waals surface area contributed by atoms with Crippen LogP contribution in [0.1, 0.15) is 22.8 Å². The van der Waals surface area contributed by atoms with Crippen LogP contribution in [0.2, 0.25) is 0 Å². The quantitative estimate of drug-likeness (QED) is 0.369. The van der Waals surface area contributed by atoms with E-state index in [9.17, 15) is 14.4 Å². The molecule has 5 rings (SSSR count). The number of carbonyl (C=O) groups is 3. The molecule has 1 aliphatic heterocycles. The molecule has 6 nitrogen and oxygen atoms in total. The van der Waals surface area contributed by atoms with E-state index < -0.39 is 17.5 Å². The highest BCUT2D eigenvalue weighted by molar-refractivity contribution is 6.17. The number of rotatable bonds is 5. The molecule has 3 amide bonds. The van der Waals surface area contributed by atoms with Gasteiger partial charge in [0.15, 0.2) is 5.78 Å². The molecule has 0 spiro atoms. The van der Waals surface area contributed by atoms with Gasteiger partial charge in [-0.15, -0.1) is 0 Å². The van der Waals surface area contributed by atoms with E-state index in [-0.39, 0.29) is 12.3 Å². The number of aryl methyl sites for hydroxylation is 1. The van der Waals surface area contributed by atoms with Gasteiger partial charge in [-0.05, 0) is 24.1 Å². The summed E-state index contributed by atoms with van der Waals surface area (Å²) in [5, 5.41) is 3.57. The fraction of sp³-hybridized carbons (Fsp3) is 0.148. The summed E-state index contributed by atoms with van der Waals surface area (Å²) in [4.78, 5) is 40.8. The Morgan fingerprint density at radius 2 is 1.48 bits per heavy atom.